The van der Waals surface area contributed by atoms with Crippen LogP contribution in [-0.2, 0) is 4.74 Å². The lowest BCUT2D eigenvalue weighted by Crippen LogP contribution is -2.50. The van der Waals surface area contributed by atoms with Crippen molar-refractivity contribution < 1.29 is 19.4 Å². The molecule has 2 aliphatic rings. The first-order valence-corrected chi connectivity index (χ1v) is 9.55. The summed E-state index contributed by atoms with van der Waals surface area (Å²) in [5.41, 5.74) is 3.39. The number of fused-ring (bicyclic) bond motifs is 3. The van der Waals surface area contributed by atoms with Gasteiger partial charge in [0.25, 0.3) is 0 Å². The number of aryl methyl sites for hydroxylation is 1. The fourth-order valence-electron chi connectivity index (χ4n) is 4.68. The monoisotopic (exact) mass is 366 g/mol. The highest BCUT2D eigenvalue weighted by Crippen LogP contribution is 2.54. The van der Waals surface area contributed by atoms with Crippen molar-refractivity contribution in [2.45, 2.75) is 57.8 Å². The highest BCUT2D eigenvalue weighted by Gasteiger charge is 2.50. The Labute approximate surface area is 160 Å². The van der Waals surface area contributed by atoms with Gasteiger partial charge in [0, 0.05) is 17.4 Å². The highest BCUT2D eigenvalue weighted by atomic mass is 16.5. The van der Waals surface area contributed by atoms with Gasteiger partial charge in [-0.2, -0.15) is 0 Å². The quantitative estimate of drug-likeness (QED) is 0.802. The predicted molar refractivity (Wildman–Crippen MR) is 103 cm³/mol. The summed E-state index contributed by atoms with van der Waals surface area (Å²) in [5, 5.41) is 9.29. The largest absolute Gasteiger partial charge is 0.487 e. The Balaban J connectivity index is 1.72. The van der Waals surface area contributed by atoms with E-state index in [4.69, 9.17) is 9.47 Å². The standard InChI is InChI=1S/C23H26O4/c1-13-7-5-6-8-16(13)18-12-19-21(26-14(18)2)17-10-9-15(22(24)25)11-20(17)27-23(19,3)4/h5-11,14,18-19,21H,12H2,1-4H3,(H,24,25)/t14-,18-,19-,21+/m0/s1. The molecule has 0 aromatic heterocycles. The van der Waals surface area contributed by atoms with Crippen LogP contribution in [-0.4, -0.2) is 22.8 Å². The number of benzene rings is 2. The summed E-state index contributed by atoms with van der Waals surface area (Å²) in [5.74, 6) is 0.193. The van der Waals surface area contributed by atoms with E-state index >= 15 is 0 Å². The molecule has 0 amide bonds. The number of carboxylic acid groups (broad SMARTS) is 1. The minimum atomic E-state index is -0.945. The molecule has 1 saturated heterocycles. The van der Waals surface area contributed by atoms with Gasteiger partial charge in [0.05, 0.1) is 17.8 Å². The van der Waals surface area contributed by atoms with Crippen LogP contribution in [0.2, 0.25) is 0 Å². The van der Waals surface area contributed by atoms with Crippen LogP contribution in [0.1, 0.15) is 66.3 Å². The van der Waals surface area contributed by atoms with Crippen LogP contribution in [0.15, 0.2) is 42.5 Å². The Hall–Kier alpha value is -2.33. The Morgan fingerprint density at radius 1 is 1.15 bits per heavy atom. The lowest BCUT2D eigenvalue weighted by Gasteiger charge is -2.51. The first-order chi connectivity index (χ1) is 12.8. The molecule has 2 aromatic rings. The van der Waals surface area contributed by atoms with Crippen molar-refractivity contribution >= 4 is 5.97 Å². The van der Waals surface area contributed by atoms with Crippen LogP contribution in [0.4, 0.5) is 0 Å². The molecule has 1 fully saturated rings. The average Bonchev–Trinajstić information content (AvgIpc) is 2.61. The molecule has 0 unspecified atom stereocenters. The third-order valence-corrected chi connectivity index (χ3v) is 6.22. The first kappa shape index (κ1) is 18.1. The number of hydrogen-bond acceptors (Lipinski definition) is 3. The Morgan fingerprint density at radius 2 is 1.89 bits per heavy atom. The van der Waals surface area contributed by atoms with Crippen molar-refractivity contribution in [3.05, 3.63) is 64.7 Å². The van der Waals surface area contributed by atoms with Gasteiger partial charge in [-0.3, -0.25) is 0 Å². The van der Waals surface area contributed by atoms with Gasteiger partial charge in [0.15, 0.2) is 0 Å². The van der Waals surface area contributed by atoms with E-state index < -0.39 is 11.6 Å². The summed E-state index contributed by atoms with van der Waals surface area (Å²) < 4.78 is 12.8. The second kappa shape index (κ2) is 6.38. The molecule has 0 bridgehead atoms. The topological polar surface area (TPSA) is 55.8 Å². The van der Waals surface area contributed by atoms with Crippen LogP contribution in [0.3, 0.4) is 0 Å². The van der Waals surface area contributed by atoms with E-state index in [1.165, 1.54) is 11.1 Å². The van der Waals surface area contributed by atoms with Gasteiger partial charge in [-0.05, 0) is 57.4 Å². The van der Waals surface area contributed by atoms with Crippen molar-refractivity contribution in [1.29, 1.82) is 0 Å². The van der Waals surface area contributed by atoms with Crippen molar-refractivity contribution in [2.75, 3.05) is 0 Å². The molecule has 0 saturated carbocycles. The summed E-state index contributed by atoms with van der Waals surface area (Å²) in [6.07, 6.45) is 0.971. The molecule has 4 atom stereocenters. The minimum absolute atomic E-state index is 0.0771. The molecule has 1 N–H and O–H groups in total. The molecule has 4 nitrogen and oxygen atoms in total. The first-order valence-electron chi connectivity index (χ1n) is 9.55. The van der Waals surface area contributed by atoms with Gasteiger partial charge >= 0.3 is 5.97 Å². The summed E-state index contributed by atoms with van der Waals surface area (Å²) >= 11 is 0. The number of aromatic carboxylic acids is 1. The normalized spacial score (nSPS) is 28.6. The summed E-state index contributed by atoms with van der Waals surface area (Å²) in [4.78, 5) is 11.3. The fraction of sp³-hybridized carbons (Fsp3) is 0.435. The number of rotatable bonds is 2. The van der Waals surface area contributed by atoms with Crippen molar-refractivity contribution in [1.82, 2.24) is 0 Å². The summed E-state index contributed by atoms with van der Waals surface area (Å²) in [6, 6.07) is 13.6. The molecule has 4 heteroatoms. The number of ether oxygens (including phenoxy) is 2. The van der Waals surface area contributed by atoms with Crippen LogP contribution in [0.5, 0.6) is 5.75 Å². The molecule has 0 aliphatic carbocycles. The highest BCUT2D eigenvalue weighted by molar-refractivity contribution is 5.88. The fourth-order valence-corrected chi connectivity index (χ4v) is 4.68. The molecule has 2 aliphatic heterocycles. The van der Waals surface area contributed by atoms with Gasteiger partial charge < -0.3 is 14.6 Å². The summed E-state index contributed by atoms with van der Waals surface area (Å²) in [6.45, 7) is 8.45. The van der Waals surface area contributed by atoms with Gasteiger partial charge in [-0.15, -0.1) is 0 Å². The second-order valence-electron chi connectivity index (χ2n) is 8.33. The Morgan fingerprint density at radius 3 is 2.59 bits per heavy atom. The van der Waals surface area contributed by atoms with Crippen molar-refractivity contribution in [3.8, 4) is 5.75 Å². The van der Waals surface area contributed by atoms with E-state index in [0.29, 0.717) is 11.7 Å². The lowest BCUT2D eigenvalue weighted by atomic mass is 9.70. The Kier molecular flexibility index (Phi) is 4.26. The van der Waals surface area contributed by atoms with Crippen LogP contribution in [0, 0.1) is 12.8 Å². The third-order valence-electron chi connectivity index (χ3n) is 6.22. The van der Waals surface area contributed by atoms with Gasteiger partial charge in [-0.25, -0.2) is 4.79 Å². The zero-order valence-electron chi connectivity index (χ0n) is 16.2. The SMILES string of the molecule is Cc1ccccc1[C@H]1C[C@H]2[C@H](O[C@H]1C)c1ccc(C(=O)O)cc1OC2(C)C. The van der Waals surface area contributed by atoms with Gasteiger partial charge in [-0.1, -0.05) is 30.3 Å². The molecule has 0 radical (unpaired) electrons. The molecule has 142 valence electrons. The molecule has 4 rings (SSSR count). The number of carbonyl (C=O) groups is 1. The maximum absolute atomic E-state index is 11.3. The number of carboxylic acids is 1. The molecule has 2 aromatic carbocycles. The van der Waals surface area contributed by atoms with E-state index in [1.807, 2.05) is 6.07 Å². The third kappa shape index (κ3) is 3.02. The van der Waals surface area contributed by atoms with Crippen molar-refractivity contribution in [2.24, 2.45) is 5.92 Å². The minimum Gasteiger partial charge on any atom is -0.487 e. The van der Waals surface area contributed by atoms with E-state index in [-0.39, 0.29) is 23.7 Å². The van der Waals surface area contributed by atoms with Crippen LogP contribution < -0.4 is 4.74 Å². The zero-order chi connectivity index (χ0) is 19.3. The predicted octanol–water partition coefficient (Wildman–Crippen LogP) is 5.11. The lowest BCUT2D eigenvalue weighted by molar-refractivity contribution is -0.153. The van der Waals surface area contributed by atoms with E-state index in [0.717, 1.165) is 12.0 Å². The van der Waals surface area contributed by atoms with Gasteiger partial charge in [0.2, 0.25) is 0 Å². The van der Waals surface area contributed by atoms with Crippen LogP contribution >= 0.6 is 0 Å². The Bertz CT molecular complexity index is 886. The van der Waals surface area contributed by atoms with E-state index in [2.05, 4.69) is 52.0 Å². The zero-order valence-corrected chi connectivity index (χ0v) is 16.2. The maximum Gasteiger partial charge on any atom is 0.335 e. The number of hydrogen-bond donors (Lipinski definition) is 1. The van der Waals surface area contributed by atoms with E-state index in [1.54, 1.807) is 12.1 Å². The van der Waals surface area contributed by atoms with Crippen molar-refractivity contribution in [3.63, 3.8) is 0 Å². The maximum atomic E-state index is 11.3. The molecule has 27 heavy (non-hydrogen) atoms. The second-order valence-corrected chi connectivity index (χ2v) is 8.33. The summed E-state index contributed by atoms with van der Waals surface area (Å²) in [7, 11) is 0. The average molecular weight is 366 g/mol. The molecule has 0 spiro atoms. The van der Waals surface area contributed by atoms with E-state index in [9.17, 15) is 9.90 Å². The van der Waals surface area contributed by atoms with Gasteiger partial charge in [0.1, 0.15) is 11.4 Å². The molecule has 2 heterocycles. The molecular formula is C23H26O4. The smallest absolute Gasteiger partial charge is 0.335 e. The van der Waals surface area contributed by atoms with Crippen LogP contribution in [0.25, 0.3) is 0 Å². The molecular weight excluding hydrogens is 340 g/mol.